The molecule has 0 spiro atoms. The standard InChI is InChI=1S/C56H66N12O3/c1-5-48(53(42-13-8-7-9-14-42)43-19-23-47(24-20-43)71-36-35-63(3)4)41-17-21-46(22-18-41)67-39-44(59-61-67)37-64-31-11-27-58-30-34-65(32-12-28-57-29-33-64)38-45-40-68(62-60-45)52-26-25-51-54-49(52)15-10-16-50(54)55(69)66(6-2)56(51)70/h7-10,13-26,39-40,57-58H,5-6,11-12,27-38H2,1-4H3. The molecule has 2 aliphatic rings. The fraction of sp³-hybridized carbons (Fsp3) is 0.357. The summed E-state index contributed by atoms with van der Waals surface area (Å²) >= 11 is 0. The van der Waals surface area contributed by atoms with Gasteiger partial charge in [0.1, 0.15) is 12.4 Å². The highest BCUT2D eigenvalue weighted by Gasteiger charge is 2.32. The molecule has 15 heteroatoms. The van der Waals surface area contributed by atoms with Crippen molar-refractivity contribution < 1.29 is 14.3 Å². The predicted octanol–water partition coefficient (Wildman–Crippen LogP) is 7.20. The van der Waals surface area contributed by atoms with Gasteiger partial charge in [-0.2, -0.15) is 0 Å². The first-order valence-corrected chi connectivity index (χ1v) is 25.2. The summed E-state index contributed by atoms with van der Waals surface area (Å²) in [4.78, 5) is 34.7. The number of rotatable bonds is 15. The van der Waals surface area contributed by atoms with Crippen molar-refractivity contribution in [2.45, 2.75) is 46.2 Å². The first-order valence-electron chi connectivity index (χ1n) is 25.2. The van der Waals surface area contributed by atoms with Gasteiger partial charge in [0, 0.05) is 74.3 Å². The van der Waals surface area contributed by atoms with Crippen LogP contribution in [0.3, 0.4) is 0 Å². The molecule has 71 heavy (non-hydrogen) atoms. The number of likely N-dealkylation sites (N-methyl/N-ethyl adjacent to an activating group) is 1. The Bertz CT molecular complexity index is 2890. The summed E-state index contributed by atoms with van der Waals surface area (Å²) in [5.74, 6) is 0.353. The lowest BCUT2D eigenvalue weighted by molar-refractivity contribution is 0.0619. The van der Waals surface area contributed by atoms with Gasteiger partial charge in [0.2, 0.25) is 0 Å². The number of hydrogen-bond donors (Lipinski definition) is 2. The third-order valence-electron chi connectivity index (χ3n) is 13.4. The molecule has 2 amide bonds. The van der Waals surface area contributed by atoms with Crippen LogP contribution in [-0.2, 0) is 13.1 Å². The number of nitrogens with one attached hydrogen (secondary N) is 2. The Morgan fingerprint density at radius 2 is 1.24 bits per heavy atom. The van der Waals surface area contributed by atoms with Crippen LogP contribution in [0, 0.1) is 0 Å². The fourth-order valence-electron chi connectivity index (χ4n) is 9.71. The molecule has 2 aromatic heterocycles. The molecular formula is C56H66N12O3. The molecule has 368 valence electrons. The molecule has 0 bridgehead atoms. The molecule has 2 N–H and O–H groups in total. The summed E-state index contributed by atoms with van der Waals surface area (Å²) in [6, 6.07) is 37.1. The average molecular weight is 955 g/mol. The maximum absolute atomic E-state index is 13.2. The molecule has 2 aliphatic heterocycles. The van der Waals surface area contributed by atoms with E-state index < -0.39 is 0 Å². The molecule has 5 aromatic carbocycles. The van der Waals surface area contributed by atoms with E-state index in [1.165, 1.54) is 27.2 Å². The molecule has 0 atom stereocenters. The number of aromatic nitrogens is 6. The van der Waals surface area contributed by atoms with Gasteiger partial charge in [-0.25, -0.2) is 9.36 Å². The van der Waals surface area contributed by atoms with Crippen molar-refractivity contribution in [1.82, 2.24) is 60.2 Å². The van der Waals surface area contributed by atoms with Gasteiger partial charge >= 0.3 is 0 Å². The number of allylic oxidation sites excluding steroid dienone is 1. The number of ether oxygens (including phenoxy) is 1. The maximum Gasteiger partial charge on any atom is 0.261 e. The molecule has 0 saturated carbocycles. The number of nitrogens with zero attached hydrogens (tertiary/aromatic N) is 10. The maximum atomic E-state index is 13.2. The predicted molar refractivity (Wildman–Crippen MR) is 280 cm³/mol. The highest BCUT2D eigenvalue weighted by molar-refractivity contribution is 6.26. The molecule has 7 aromatic rings. The summed E-state index contributed by atoms with van der Waals surface area (Å²) < 4.78 is 9.67. The van der Waals surface area contributed by atoms with Crippen molar-refractivity contribution >= 4 is 33.7 Å². The first kappa shape index (κ1) is 49.1. The second kappa shape index (κ2) is 23.4. The fourth-order valence-corrected chi connectivity index (χ4v) is 9.71. The Hall–Kier alpha value is -6.88. The van der Waals surface area contributed by atoms with Gasteiger partial charge < -0.3 is 20.3 Å². The minimum absolute atomic E-state index is 0.261. The Morgan fingerprint density at radius 3 is 1.87 bits per heavy atom. The van der Waals surface area contributed by atoms with Gasteiger partial charge in [-0.15, -0.1) is 10.2 Å². The minimum Gasteiger partial charge on any atom is -0.492 e. The third-order valence-corrected chi connectivity index (χ3v) is 13.4. The van der Waals surface area contributed by atoms with E-state index in [2.05, 4.69) is 152 Å². The third kappa shape index (κ3) is 11.7. The van der Waals surface area contributed by atoms with Crippen LogP contribution in [0.2, 0.25) is 0 Å². The topological polar surface area (TPSA) is 142 Å². The largest absolute Gasteiger partial charge is 0.492 e. The average Bonchev–Trinajstić information content (AvgIpc) is 4.07. The van der Waals surface area contributed by atoms with Crippen LogP contribution < -0.4 is 15.4 Å². The number of imide groups is 1. The van der Waals surface area contributed by atoms with Crippen molar-refractivity contribution in [1.29, 1.82) is 0 Å². The Kier molecular flexibility index (Phi) is 16.2. The summed E-state index contributed by atoms with van der Waals surface area (Å²) in [5.41, 5.74) is 10.7. The van der Waals surface area contributed by atoms with Crippen LogP contribution in [0.4, 0.5) is 0 Å². The van der Waals surface area contributed by atoms with Crippen molar-refractivity contribution in [2.75, 3.05) is 86.1 Å². The number of hydrogen-bond acceptors (Lipinski definition) is 12. The molecular weight excluding hydrogens is 889 g/mol. The molecule has 15 nitrogen and oxygen atoms in total. The van der Waals surface area contributed by atoms with Gasteiger partial charge in [-0.05, 0) is 137 Å². The van der Waals surface area contributed by atoms with Crippen molar-refractivity contribution in [3.63, 3.8) is 0 Å². The van der Waals surface area contributed by atoms with E-state index in [0.717, 1.165) is 124 Å². The van der Waals surface area contributed by atoms with Crippen LogP contribution in [-0.4, -0.2) is 148 Å². The summed E-state index contributed by atoms with van der Waals surface area (Å²) in [6.07, 6.45) is 6.90. The SMILES string of the molecule is CCC(=C(c1ccccc1)c1ccc(OCCN(C)C)cc1)c1ccc(-n2cc(CN3CCCNCCN(Cc4cn(-c5ccc6c7c(cccc57)C(=O)N(CC)C6=O)nn4)CCCNCC3)nn2)cc1. The summed E-state index contributed by atoms with van der Waals surface area (Å²) in [7, 11) is 4.11. The molecule has 4 heterocycles. The first-order chi connectivity index (χ1) is 34.8. The number of carbonyl (C=O) groups is 2. The van der Waals surface area contributed by atoms with Crippen molar-refractivity contribution in [3.05, 3.63) is 161 Å². The number of benzene rings is 5. The summed E-state index contributed by atoms with van der Waals surface area (Å²) in [5, 5.41) is 27.1. The normalized spacial score (nSPS) is 16.1. The molecule has 9 rings (SSSR count). The van der Waals surface area contributed by atoms with Crippen molar-refractivity contribution in [2.24, 2.45) is 0 Å². The lowest BCUT2D eigenvalue weighted by Crippen LogP contribution is -2.40. The van der Waals surface area contributed by atoms with Crippen LogP contribution in [0.1, 0.15) is 81.9 Å². The van der Waals surface area contributed by atoms with Crippen LogP contribution >= 0.6 is 0 Å². The van der Waals surface area contributed by atoms with E-state index in [0.29, 0.717) is 36.2 Å². The van der Waals surface area contributed by atoms with E-state index in [-0.39, 0.29) is 11.8 Å². The van der Waals surface area contributed by atoms with Crippen LogP contribution in [0.25, 0.3) is 33.3 Å². The highest BCUT2D eigenvalue weighted by atomic mass is 16.5. The smallest absolute Gasteiger partial charge is 0.261 e. The second-order valence-electron chi connectivity index (χ2n) is 18.6. The molecule has 1 saturated heterocycles. The van der Waals surface area contributed by atoms with E-state index in [1.807, 2.05) is 36.0 Å². The number of amides is 2. The molecule has 0 aliphatic carbocycles. The zero-order chi connectivity index (χ0) is 49.1. The zero-order valence-corrected chi connectivity index (χ0v) is 41.6. The van der Waals surface area contributed by atoms with E-state index >= 15 is 0 Å². The Morgan fingerprint density at radius 1 is 0.634 bits per heavy atom. The van der Waals surface area contributed by atoms with Gasteiger partial charge in [-0.1, -0.05) is 84.1 Å². The zero-order valence-electron chi connectivity index (χ0n) is 41.6. The van der Waals surface area contributed by atoms with Crippen molar-refractivity contribution in [3.8, 4) is 17.1 Å². The van der Waals surface area contributed by atoms with Crippen LogP contribution in [0.5, 0.6) is 5.75 Å². The lowest BCUT2D eigenvalue weighted by Gasteiger charge is -2.26. The van der Waals surface area contributed by atoms with Crippen LogP contribution in [0.15, 0.2) is 122 Å². The van der Waals surface area contributed by atoms with Gasteiger partial charge in [0.15, 0.2) is 0 Å². The lowest BCUT2D eigenvalue weighted by atomic mass is 9.88. The quantitative estimate of drug-likeness (QED) is 0.0793. The Balaban J connectivity index is 0.793. The molecule has 1 fully saturated rings. The van der Waals surface area contributed by atoms with Gasteiger partial charge in [0.25, 0.3) is 11.8 Å². The minimum atomic E-state index is -0.261. The molecule has 0 radical (unpaired) electrons. The number of carbonyl (C=O) groups excluding carboxylic acids is 2. The Labute approximate surface area is 417 Å². The summed E-state index contributed by atoms with van der Waals surface area (Å²) in [6.45, 7) is 14.5. The van der Waals surface area contributed by atoms with E-state index in [1.54, 1.807) is 16.8 Å². The van der Waals surface area contributed by atoms with Gasteiger partial charge in [-0.3, -0.25) is 24.3 Å². The van der Waals surface area contributed by atoms with E-state index in [9.17, 15) is 9.59 Å². The van der Waals surface area contributed by atoms with Gasteiger partial charge in [0.05, 0.1) is 35.2 Å². The van der Waals surface area contributed by atoms with E-state index in [4.69, 9.17) is 4.74 Å². The molecule has 0 unspecified atom stereocenters. The highest BCUT2D eigenvalue weighted by Crippen LogP contribution is 2.36. The monoisotopic (exact) mass is 955 g/mol. The second-order valence-corrected chi connectivity index (χ2v) is 18.6.